The quantitative estimate of drug-likeness (QED) is 0.727. The lowest BCUT2D eigenvalue weighted by Crippen LogP contribution is -2.16. The molecule has 0 aliphatic heterocycles. The molecule has 4 nitrogen and oxygen atoms in total. The van der Waals surface area contributed by atoms with Crippen molar-refractivity contribution < 1.29 is 9.59 Å². The molecular formula is C20H24N2O2S. The minimum atomic E-state index is -0.0520. The number of carbonyl (C=O) groups excluding carboxylic acids is 2. The van der Waals surface area contributed by atoms with E-state index in [2.05, 4.69) is 10.6 Å². The minimum Gasteiger partial charge on any atom is -0.326 e. The zero-order valence-electron chi connectivity index (χ0n) is 14.9. The Morgan fingerprint density at radius 1 is 0.880 bits per heavy atom. The Hall–Kier alpha value is -2.27. The van der Waals surface area contributed by atoms with Crippen molar-refractivity contribution in [2.75, 3.05) is 22.1 Å². The van der Waals surface area contributed by atoms with Crippen molar-refractivity contribution in [2.24, 2.45) is 0 Å². The molecule has 0 heterocycles. The van der Waals surface area contributed by atoms with Crippen LogP contribution >= 0.6 is 11.8 Å². The minimum absolute atomic E-state index is 0.0276. The average Bonchev–Trinajstić information content (AvgIpc) is 2.57. The lowest BCUT2D eigenvalue weighted by molar-refractivity contribution is -0.116. The molecule has 0 aliphatic carbocycles. The molecule has 0 unspecified atom stereocenters. The smallest absolute Gasteiger partial charge is 0.234 e. The second-order valence-corrected chi connectivity index (χ2v) is 7.19. The predicted molar refractivity (Wildman–Crippen MR) is 106 cm³/mol. The molecule has 2 rings (SSSR count). The number of carbonyl (C=O) groups is 2. The summed E-state index contributed by atoms with van der Waals surface area (Å²) in [5.41, 5.74) is 4.96. The van der Waals surface area contributed by atoms with Crippen molar-refractivity contribution in [2.45, 2.75) is 27.2 Å². The van der Waals surface area contributed by atoms with Crippen molar-refractivity contribution in [1.82, 2.24) is 0 Å². The van der Waals surface area contributed by atoms with E-state index in [4.69, 9.17) is 0 Å². The molecule has 0 bridgehead atoms. The van der Waals surface area contributed by atoms with E-state index in [-0.39, 0.29) is 11.8 Å². The number of hydrogen-bond donors (Lipinski definition) is 2. The Morgan fingerprint density at radius 2 is 1.56 bits per heavy atom. The van der Waals surface area contributed by atoms with Crippen LogP contribution in [0, 0.1) is 20.8 Å². The Morgan fingerprint density at radius 3 is 2.28 bits per heavy atom. The van der Waals surface area contributed by atoms with Gasteiger partial charge in [0.15, 0.2) is 0 Å². The van der Waals surface area contributed by atoms with Gasteiger partial charge in [-0.25, -0.2) is 0 Å². The van der Waals surface area contributed by atoms with Gasteiger partial charge >= 0.3 is 0 Å². The third-order valence-corrected chi connectivity index (χ3v) is 4.67. The van der Waals surface area contributed by atoms with Gasteiger partial charge in [-0.1, -0.05) is 29.8 Å². The summed E-state index contributed by atoms with van der Waals surface area (Å²) in [5, 5.41) is 5.78. The molecule has 132 valence electrons. The van der Waals surface area contributed by atoms with Crippen molar-refractivity contribution in [1.29, 1.82) is 0 Å². The summed E-state index contributed by atoms with van der Waals surface area (Å²) in [4.78, 5) is 23.9. The molecule has 2 aromatic rings. The molecule has 0 saturated carbocycles. The van der Waals surface area contributed by atoms with Crippen LogP contribution in [0.25, 0.3) is 0 Å². The summed E-state index contributed by atoms with van der Waals surface area (Å²) in [6.45, 7) is 5.97. The first-order valence-corrected chi connectivity index (χ1v) is 9.41. The summed E-state index contributed by atoms with van der Waals surface area (Å²) in [7, 11) is 0. The number of nitrogens with one attached hydrogen (secondary N) is 2. The Kier molecular flexibility index (Phi) is 7.07. The SMILES string of the molecule is Cc1ccc(NC(=O)CSCCC(=O)Nc2cc(C)ccc2C)cc1. The molecule has 0 aliphatic rings. The third-order valence-electron chi connectivity index (χ3n) is 3.71. The normalized spacial score (nSPS) is 10.4. The van der Waals surface area contributed by atoms with Gasteiger partial charge in [-0.2, -0.15) is 11.8 Å². The number of anilines is 2. The molecule has 0 saturated heterocycles. The fraction of sp³-hybridized carbons (Fsp3) is 0.300. The van der Waals surface area contributed by atoms with E-state index in [1.807, 2.05) is 63.2 Å². The fourth-order valence-corrected chi connectivity index (χ4v) is 2.98. The molecule has 2 N–H and O–H groups in total. The maximum Gasteiger partial charge on any atom is 0.234 e. The van der Waals surface area contributed by atoms with Crippen molar-refractivity contribution >= 4 is 35.0 Å². The van der Waals surface area contributed by atoms with Crippen LogP contribution in [-0.4, -0.2) is 23.3 Å². The molecule has 0 aromatic heterocycles. The highest BCUT2D eigenvalue weighted by molar-refractivity contribution is 7.99. The molecule has 25 heavy (non-hydrogen) atoms. The lowest BCUT2D eigenvalue weighted by Gasteiger charge is -2.09. The Labute approximate surface area is 153 Å². The zero-order valence-corrected chi connectivity index (χ0v) is 15.7. The van der Waals surface area contributed by atoms with Crippen LogP contribution in [-0.2, 0) is 9.59 Å². The van der Waals surface area contributed by atoms with E-state index in [0.29, 0.717) is 17.9 Å². The topological polar surface area (TPSA) is 58.2 Å². The molecule has 0 radical (unpaired) electrons. The van der Waals surface area contributed by atoms with Gasteiger partial charge in [0, 0.05) is 23.5 Å². The van der Waals surface area contributed by atoms with Crippen molar-refractivity contribution in [3.63, 3.8) is 0 Å². The van der Waals surface area contributed by atoms with Crippen LogP contribution in [0.5, 0.6) is 0 Å². The van der Waals surface area contributed by atoms with E-state index >= 15 is 0 Å². The van der Waals surface area contributed by atoms with Crippen LogP contribution in [0.3, 0.4) is 0 Å². The standard InChI is InChI=1S/C20H24N2O2S/c1-14-5-8-17(9-6-14)21-20(24)13-25-11-10-19(23)22-18-12-15(2)4-7-16(18)3/h4-9,12H,10-11,13H2,1-3H3,(H,21,24)(H,22,23). The first-order valence-electron chi connectivity index (χ1n) is 8.25. The molecule has 2 aromatic carbocycles. The second kappa shape index (κ2) is 9.28. The maximum absolute atomic E-state index is 12.0. The van der Waals surface area contributed by atoms with E-state index in [9.17, 15) is 9.59 Å². The van der Waals surface area contributed by atoms with Gasteiger partial charge in [0.2, 0.25) is 11.8 Å². The Bertz CT molecular complexity index is 742. The predicted octanol–water partition coefficient (Wildman–Crippen LogP) is 4.31. The van der Waals surface area contributed by atoms with Gasteiger partial charge in [0.1, 0.15) is 0 Å². The molecule has 0 fully saturated rings. The molecule has 2 amide bonds. The maximum atomic E-state index is 12.0. The fourth-order valence-electron chi connectivity index (χ4n) is 2.25. The number of rotatable bonds is 7. The first-order chi connectivity index (χ1) is 11.9. The van der Waals surface area contributed by atoms with Gasteiger partial charge in [0.25, 0.3) is 0 Å². The Balaban J connectivity index is 1.68. The van der Waals surface area contributed by atoms with E-state index in [1.165, 1.54) is 11.8 Å². The van der Waals surface area contributed by atoms with Crippen LogP contribution in [0.2, 0.25) is 0 Å². The largest absolute Gasteiger partial charge is 0.326 e. The summed E-state index contributed by atoms with van der Waals surface area (Å²) in [6, 6.07) is 13.7. The van der Waals surface area contributed by atoms with Crippen molar-refractivity contribution in [3.05, 3.63) is 59.2 Å². The van der Waals surface area contributed by atoms with Crippen LogP contribution in [0.1, 0.15) is 23.1 Å². The molecular weight excluding hydrogens is 332 g/mol. The highest BCUT2D eigenvalue weighted by atomic mass is 32.2. The number of hydrogen-bond acceptors (Lipinski definition) is 3. The summed E-state index contributed by atoms with van der Waals surface area (Å²) < 4.78 is 0. The number of amides is 2. The van der Waals surface area contributed by atoms with Gasteiger partial charge in [-0.3, -0.25) is 9.59 Å². The van der Waals surface area contributed by atoms with Gasteiger partial charge in [-0.05, 0) is 50.1 Å². The lowest BCUT2D eigenvalue weighted by atomic mass is 10.1. The van der Waals surface area contributed by atoms with Gasteiger partial charge < -0.3 is 10.6 Å². The number of aryl methyl sites for hydroxylation is 3. The second-order valence-electron chi connectivity index (χ2n) is 6.08. The van der Waals surface area contributed by atoms with Gasteiger partial charge in [0.05, 0.1) is 5.75 Å². The molecule has 0 atom stereocenters. The molecule has 5 heteroatoms. The van der Waals surface area contributed by atoms with E-state index < -0.39 is 0 Å². The monoisotopic (exact) mass is 356 g/mol. The number of thioether (sulfide) groups is 1. The van der Waals surface area contributed by atoms with Crippen molar-refractivity contribution in [3.8, 4) is 0 Å². The van der Waals surface area contributed by atoms with E-state index in [1.54, 1.807) is 0 Å². The first kappa shape index (κ1) is 19.1. The summed E-state index contributed by atoms with van der Waals surface area (Å²) in [6.07, 6.45) is 0.385. The summed E-state index contributed by atoms with van der Waals surface area (Å²) in [5.74, 6) is 0.867. The highest BCUT2D eigenvalue weighted by Crippen LogP contribution is 2.17. The van der Waals surface area contributed by atoms with E-state index in [0.717, 1.165) is 28.1 Å². The van der Waals surface area contributed by atoms with Crippen LogP contribution < -0.4 is 10.6 Å². The van der Waals surface area contributed by atoms with Crippen LogP contribution in [0.4, 0.5) is 11.4 Å². The number of benzene rings is 2. The zero-order chi connectivity index (χ0) is 18.2. The van der Waals surface area contributed by atoms with Crippen LogP contribution in [0.15, 0.2) is 42.5 Å². The average molecular weight is 356 g/mol. The third kappa shape index (κ3) is 6.63. The molecule has 0 spiro atoms. The summed E-state index contributed by atoms with van der Waals surface area (Å²) >= 11 is 1.46. The highest BCUT2D eigenvalue weighted by Gasteiger charge is 2.07. The van der Waals surface area contributed by atoms with Gasteiger partial charge in [-0.15, -0.1) is 0 Å².